The first-order valence-corrected chi connectivity index (χ1v) is 5.49. The molecule has 94 valence electrons. The van der Waals surface area contributed by atoms with Crippen LogP contribution < -0.4 is 0 Å². The molecule has 1 amide bonds. The van der Waals surface area contributed by atoms with E-state index in [-0.39, 0.29) is 13.1 Å². The van der Waals surface area contributed by atoms with Gasteiger partial charge < -0.3 is 15.1 Å². The van der Waals surface area contributed by atoms with Crippen molar-refractivity contribution in [1.82, 2.24) is 4.90 Å². The Morgan fingerprint density at radius 2 is 1.78 bits per heavy atom. The summed E-state index contributed by atoms with van der Waals surface area (Å²) < 4.78 is 0. The minimum absolute atomic E-state index is 0.000992. The summed E-state index contributed by atoms with van der Waals surface area (Å²) in [5, 5.41) is 17.9. The highest BCUT2D eigenvalue weighted by atomic mass is 16.4. The minimum Gasteiger partial charge on any atom is -0.480 e. The molecule has 0 aromatic heterocycles. The zero-order valence-electron chi connectivity index (χ0n) is 9.61. The van der Waals surface area contributed by atoms with Gasteiger partial charge in [0.2, 0.25) is 0 Å². The smallest absolute Gasteiger partial charge is 0.407 e. The zero-order valence-corrected chi connectivity index (χ0v) is 9.61. The Kier molecular flexibility index (Phi) is 3.06. The molecule has 2 N–H and O–H groups in total. The molecule has 2 rings (SSSR count). The summed E-state index contributed by atoms with van der Waals surface area (Å²) >= 11 is 0. The molecule has 0 saturated carbocycles. The third kappa shape index (κ3) is 2.20. The molecule has 1 saturated heterocycles. The van der Waals surface area contributed by atoms with Gasteiger partial charge in [0, 0.05) is 13.1 Å². The first-order chi connectivity index (χ1) is 8.53. The highest BCUT2D eigenvalue weighted by Crippen LogP contribution is 2.33. The summed E-state index contributed by atoms with van der Waals surface area (Å²) in [4.78, 5) is 23.0. The van der Waals surface area contributed by atoms with Crippen LogP contribution in [0.1, 0.15) is 5.56 Å². The van der Waals surface area contributed by atoms with Crippen molar-refractivity contribution in [1.29, 1.82) is 0 Å². The number of rotatable bonds is 3. The van der Waals surface area contributed by atoms with Crippen LogP contribution in [0, 0.1) is 5.41 Å². The van der Waals surface area contributed by atoms with Crippen LogP contribution in [0.5, 0.6) is 0 Å². The van der Waals surface area contributed by atoms with Crippen LogP contribution in [-0.4, -0.2) is 40.3 Å². The van der Waals surface area contributed by atoms with Crippen molar-refractivity contribution in [2.75, 3.05) is 13.1 Å². The molecule has 1 aliphatic rings. The van der Waals surface area contributed by atoms with Crippen LogP contribution in [0.25, 0.3) is 6.08 Å². The Labute approximate surface area is 104 Å². The fourth-order valence-electron chi connectivity index (χ4n) is 1.90. The molecule has 18 heavy (non-hydrogen) atoms. The summed E-state index contributed by atoms with van der Waals surface area (Å²) in [5.74, 6) is -0.993. The van der Waals surface area contributed by atoms with E-state index in [2.05, 4.69) is 0 Å². The second-order valence-corrected chi connectivity index (χ2v) is 4.34. The molecule has 1 heterocycles. The Morgan fingerprint density at radius 1 is 1.17 bits per heavy atom. The van der Waals surface area contributed by atoms with Gasteiger partial charge in [-0.2, -0.15) is 0 Å². The maximum absolute atomic E-state index is 11.2. The molecule has 0 bridgehead atoms. The van der Waals surface area contributed by atoms with Gasteiger partial charge >= 0.3 is 12.1 Å². The third-order valence-corrected chi connectivity index (χ3v) is 3.04. The molecule has 5 nitrogen and oxygen atoms in total. The molecule has 1 aromatic carbocycles. The van der Waals surface area contributed by atoms with Gasteiger partial charge in [-0.15, -0.1) is 0 Å². The fraction of sp³-hybridized carbons (Fsp3) is 0.231. The number of carboxylic acid groups (broad SMARTS) is 2. The van der Waals surface area contributed by atoms with Crippen LogP contribution >= 0.6 is 0 Å². The highest BCUT2D eigenvalue weighted by molar-refractivity contribution is 5.83. The van der Waals surface area contributed by atoms with E-state index in [0.717, 1.165) is 10.5 Å². The number of hydrogen-bond acceptors (Lipinski definition) is 2. The van der Waals surface area contributed by atoms with Gasteiger partial charge in [0.25, 0.3) is 0 Å². The molecule has 0 unspecified atom stereocenters. The van der Waals surface area contributed by atoms with Crippen molar-refractivity contribution < 1.29 is 19.8 Å². The maximum atomic E-state index is 11.2. The molecule has 0 aliphatic carbocycles. The van der Waals surface area contributed by atoms with Gasteiger partial charge in [-0.05, 0) is 5.56 Å². The lowest BCUT2D eigenvalue weighted by molar-refractivity contribution is -0.153. The third-order valence-electron chi connectivity index (χ3n) is 3.04. The normalized spacial score (nSPS) is 17.4. The summed E-state index contributed by atoms with van der Waals surface area (Å²) in [6.45, 7) is 0.00198. The minimum atomic E-state index is -1.09. The number of amides is 1. The zero-order chi connectivity index (χ0) is 13.2. The standard InChI is InChI=1S/C13H13NO4/c15-11(16)13(8-14(9-13)12(17)18)7-6-10-4-2-1-3-5-10/h1-7H,8-9H2,(H,15,16)(H,17,18)/b7-6+. The number of aliphatic carboxylic acids is 1. The average molecular weight is 247 g/mol. The van der Waals surface area contributed by atoms with Gasteiger partial charge in [-0.3, -0.25) is 4.79 Å². The monoisotopic (exact) mass is 247 g/mol. The number of likely N-dealkylation sites (tertiary alicyclic amines) is 1. The van der Waals surface area contributed by atoms with Crippen LogP contribution in [0.15, 0.2) is 36.4 Å². The second kappa shape index (κ2) is 4.52. The summed E-state index contributed by atoms with van der Waals surface area (Å²) in [7, 11) is 0. The van der Waals surface area contributed by atoms with E-state index in [1.54, 1.807) is 12.2 Å². The Bertz CT molecular complexity index is 489. The van der Waals surface area contributed by atoms with E-state index in [4.69, 9.17) is 5.11 Å². The van der Waals surface area contributed by atoms with Crippen molar-refractivity contribution >= 4 is 18.1 Å². The largest absolute Gasteiger partial charge is 0.480 e. The molecule has 1 aromatic rings. The number of carbonyl (C=O) groups is 2. The van der Waals surface area contributed by atoms with Crippen LogP contribution in [-0.2, 0) is 4.79 Å². The van der Waals surface area contributed by atoms with Gasteiger partial charge in [0.1, 0.15) is 5.41 Å². The lowest BCUT2D eigenvalue weighted by Crippen LogP contribution is -2.60. The lowest BCUT2D eigenvalue weighted by atomic mass is 9.79. The molecule has 1 fully saturated rings. The van der Waals surface area contributed by atoms with E-state index >= 15 is 0 Å². The Hall–Kier alpha value is -2.30. The first kappa shape index (κ1) is 12.2. The number of benzene rings is 1. The summed E-state index contributed by atoms with van der Waals surface area (Å²) in [6, 6.07) is 9.31. The van der Waals surface area contributed by atoms with Gasteiger partial charge in [-0.1, -0.05) is 42.5 Å². The molecular weight excluding hydrogens is 234 g/mol. The van der Waals surface area contributed by atoms with Crippen LogP contribution in [0.2, 0.25) is 0 Å². The topological polar surface area (TPSA) is 77.8 Å². The summed E-state index contributed by atoms with van der Waals surface area (Å²) in [5.41, 5.74) is -0.194. The van der Waals surface area contributed by atoms with Crippen molar-refractivity contribution in [3.8, 4) is 0 Å². The van der Waals surface area contributed by atoms with E-state index < -0.39 is 17.5 Å². The number of nitrogens with zero attached hydrogens (tertiary/aromatic N) is 1. The Balaban J connectivity index is 2.12. The quantitative estimate of drug-likeness (QED) is 0.853. The van der Waals surface area contributed by atoms with Gasteiger partial charge in [-0.25, -0.2) is 4.79 Å². The molecular formula is C13H13NO4. The van der Waals surface area contributed by atoms with E-state index in [1.807, 2.05) is 30.3 Å². The van der Waals surface area contributed by atoms with Gasteiger partial charge in [0.15, 0.2) is 0 Å². The Morgan fingerprint density at radius 3 is 2.28 bits per heavy atom. The lowest BCUT2D eigenvalue weighted by Gasteiger charge is -2.43. The van der Waals surface area contributed by atoms with E-state index in [0.29, 0.717) is 0 Å². The first-order valence-electron chi connectivity index (χ1n) is 5.49. The number of hydrogen-bond donors (Lipinski definition) is 2. The van der Waals surface area contributed by atoms with Crippen molar-refractivity contribution in [2.45, 2.75) is 0 Å². The second-order valence-electron chi connectivity index (χ2n) is 4.34. The van der Waals surface area contributed by atoms with Gasteiger partial charge in [0.05, 0.1) is 0 Å². The van der Waals surface area contributed by atoms with Crippen LogP contribution in [0.3, 0.4) is 0 Å². The molecule has 0 radical (unpaired) electrons. The molecule has 5 heteroatoms. The van der Waals surface area contributed by atoms with Crippen molar-refractivity contribution in [2.24, 2.45) is 5.41 Å². The number of carboxylic acids is 1. The average Bonchev–Trinajstić information content (AvgIpc) is 2.28. The van der Waals surface area contributed by atoms with Crippen molar-refractivity contribution in [3.63, 3.8) is 0 Å². The predicted octanol–water partition coefficient (Wildman–Crippen LogP) is 1.76. The SMILES string of the molecule is O=C(O)N1CC(/C=C/c2ccccc2)(C(=O)O)C1. The van der Waals surface area contributed by atoms with Crippen LogP contribution in [0.4, 0.5) is 4.79 Å². The fourth-order valence-corrected chi connectivity index (χ4v) is 1.90. The van der Waals surface area contributed by atoms with E-state index in [1.165, 1.54) is 0 Å². The maximum Gasteiger partial charge on any atom is 0.407 e. The molecule has 0 spiro atoms. The van der Waals surface area contributed by atoms with E-state index in [9.17, 15) is 14.7 Å². The molecule has 0 atom stereocenters. The molecule has 1 aliphatic heterocycles. The highest BCUT2D eigenvalue weighted by Gasteiger charge is 2.49. The van der Waals surface area contributed by atoms with Crippen molar-refractivity contribution in [3.05, 3.63) is 42.0 Å². The predicted molar refractivity (Wildman–Crippen MR) is 65.1 cm³/mol. The summed E-state index contributed by atoms with van der Waals surface area (Å²) in [6.07, 6.45) is 2.21.